The fraction of sp³-hybridized carbons (Fsp3) is 1.00. The molecule has 3 nitrogen and oxygen atoms in total. The van der Waals surface area contributed by atoms with Crippen LogP contribution in [0.2, 0.25) is 0 Å². The van der Waals surface area contributed by atoms with Crippen LogP contribution in [0.3, 0.4) is 0 Å². The number of hydrogen-bond donors (Lipinski definition) is 0. The van der Waals surface area contributed by atoms with E-state index in [1.807, 2.05) is 0 Å². The van der Waals surface area contributed by atoms with Gasteiger partial charge >= 0.3 is 0 Å². The Bertz CT molecular complexity index is 340. The lowest BCUT2D eigenvalue weighted by molar-refractivity contribution is -0.0823. The van der Waals surface area contributed by atoms with Gasteiger partial charge in [-0.2, -0.15) is 0 Å². The van der Waals surface area contributed by atoms with Crippen molar-refractivity contribution in [2.24, 2.45) is 5.92 Å². The quantitative estimate of drug-likeness (QED) is 0.772. The van der Waals surface area contributed by atoms with Crippen LogP contribution in [-0.2, 0) is 4.74 Å². The van der Waals surface area contributed by atoms with Gasteiger partial charge in [-0.05, 0) is 99.2 Å². The van der Waals surface area contributed by atoms with Gasteiger partial charge in [0.25, 0.3) is 0 Å². The average Bonchev–Trinajstić information content (AvgIpc) is 2.44. The molecule has 2 aliphatic rings. The number of hydrogen-bond acceptors (Lipinski definition) is 3. The Hall–Kier alpha value is -0.120. The number of likely N-dealkylation sites (tertiary alicyclic amines) is 2. The second-order valence-corrected chi connectivity index (χ2v) is 9.66. The van der Waals surface area contributed by atoms with Gasteiger partial charge in [0, 0.05) is 18.6 Å². The standard InChI is InChI=1S/C20H40N2O/c1-19(2,3)22-15-8-17(9-16-22)7-12-21-13-10-18(11-14-21)23-20(4,5)6/h17-18H,7-16H2,1-6H3. The number of piperidine rings is 2. The monoisotopic (exact) mass is 324 g/mol. The van der Waals surface area contributed by atoms with E-state index in [4.69, 9.17) is 4.74 Å². The Morgan fingerprint density at radius 2 is 1.39 bits per heavy atom. The molecule has 2 heterocycles. The molecule has 0 N–H and O–H groups in total. The Morgan fingerprint density at radius 3 is 1.87 bits per heavy atom. The van der Waals surface area contributed by atoms with Gasteiger partial charge in [-0.3, -0.25) is 4.90 Å². The van der Waals surface area contributed by atoms with Crippen LogP contribution in [-0.4, -0.2) is 59.8 Å². The first kappa shape index (κ1) is 19.2. The van der Waals surface area contributed by atoms with Crippen LogP contribution in [0.4, 0.5) is 0 Å². The predicted octanol–water partition coefficient (Wildman–Crippen LogP) is 4.17. The highest BCUT2D eigenvalue weighted by Gasteiger charge is 2.28. The highest BCUT2D eigenvalue weighted by atomic mass is 16.5. The summed E-state index contributed by atoms with van der Waals surface area (Å²) in [6.07, 6.45) is 7.06. The van der Waals surface area contributed by atoms with Gasteiger partial charge in [0.15, 0.2) is 0 Å². The summed E-state index contributed by atoms with van der Waals surface area (Å²) in [7, 11) is 0. The smallest absolute Gasteiger partial charge is 0.0606 e. The van der Waals surface area contributed by atoms with E-state index >= 15 is 0 Å². The molecule has 0 spiro atoms. The molecule has 0 saturated carbocycles. The highest BCUT2D eigenvalue weighted by Crippen LogP contribution is 2.27. The lowest BCUT2D eigenvalue weighted by Gasteiger charge is -2.41. The van der Waals surface area contributed by atoms with E-state index in [-0.39, 0.29) is 5.60 Å². The maximum atomic E-state index is 6.13. The third kappa shape index (κ3) is 6.72. The van der Waals surface area contributed by atoms with Crippen molar-refractivity contribution in [2.45, 2.75) is 90.9 Å². The number of ether oxygens (including phenoxy) is 1. The Morgan fingerprint density at radius 1 is 0.826 bits per heavy atom. The normalized spacial score (nSPS) is 24.3. The lowest BCUT2D eigenvalue weighted by atomic mass is 9.90. The van der Waals surface area contributed by atoms with Crippen molar-refractivity contribution < 1.29 is 4.74 Å². The molecule has 3 heteroatoms. The van der Waals surface area contributed by atoms with Crippen LogP contribution in [0.5, 0.6) is 0 Å². The van der Waals surface area contributed by atoms with Crippen molar-refractivity contribution in [3.63, 3.8) is 0 Å². The summed E-state index contributed by atoms with van der Waals surface area (Å²) in [6.45, 7) is 19.9. The zero-order valence-corrected chi connectivity index (χ0v) is 16.5. The predicted molar refractivity (Wildman–Crippen MR) is 99.0 cm³/mol. The Balaban J connectivity index is 1.61. The molecule has 0 radical (unpaired) electrons. The minimum Gasteiger partial charge on any atom is -0.373 e. The van der Waals surface area contributed by atoms with Crippen LogP contribution >= 0.6 is 0 Å². The van der Waals surface area contributed by atoms with Crippen LogP contribution < -0.4 is 0 Å². The molecule has 2 saturated heterocycles. The molecule has 0 unspecified atom stereocenters. The van der Waals surface area contributed by atoms with Crippen molar-refractivity contribution in [1.82, 2.24) is 9.80 Å². The summed E-state index contributed by atoms with van der Waals surface area (Å²) < 4.78 is 6.13. The van der Waals surface area contributed by atoms with Crippen LogP contribution in [0.25, 0.3) is 0 Å². The molecule has 0 bridgehead atoms. The second kappa shape index (κ2) is 7.84. The fourth-order valence-corrected chi connectivity index (χ4v) is 4.01. The molecule has 2 rings (SSSR count). The van der Waals surface area contributed by atoms with Crippen LogP contribution in [0.15, 0.2) is 0 Å². The van der Waals surface area contributed by atoms with Crippen LogP contribution in [0, 0.1) is 5.92 Å². The van der Waals surface area contributed by atoms with Gasteiger partial charge in [0.05, 0.1) is 11.7 Å². The zero-order chi connectivity index (χ0) is 17.1. The second-order valence-electron chi connectivity index (χ2n) is 9.66. The van der Waals surface area contributed by atoms with Gasteiger partial charge in [0.1, 0.15) is 0 Å². The van der Waals surface area contributed by atoms with Crippen molar-refractivity contribution >= 4 is 0 Å². The first-order chi connectivity index (χ1) is 10.6. The fourth-order valence-electron chi connectivity index (χ4n) is 4.01. The Labute approximate surface area is 144 Å². The molecular weight excluding hydrogens is 284 g/mol. The summed E-state index contributed by atoms with van der Waals surface area (Å²) in [5, 5.41) is 0. The molecule has 2 fully saturated rings. The Kier molecular flexibility index (Phi) is 6.55. The van der Waals surface area contributed by atoms with Gasteiger partial charge in [-0.25, -0.2) is 0 Å². The third-order valence-corrected chi connectivity index (χ3v) is 5.47. The minimum absolute atomic E-state index is 0.00780. The summed E-state index contributed by atoms with van der Waals surface area (Å²) >= 11 is 0. The first-order valence-electron chi connectivity index (χ1n) is 9.79. The maximum Gasteiger partial charge on any atom is 0.0606 e. The van der Waals surface area contributed by atoms with Gasteiger partial charge < -0.3 is 9.64 Å². The summed E-state index contributed by atoms with van der Waals surface area (Å²) in [5.41, 5.74) is 0.355. The topological polar surface area (TPSA) is 15.7 Å². The van der Waals surface area contributed by atoms with E-state index in [2.05, 4.69) is 51.3 Å². The van der Waals surface area contributed by atoms with Crippen molar-refractivity contribution in [3.05, 3.63) is 0 Å². The molecular formula is C20H40N2O. The third-order valence-electron chi connectivity index (χ3n) is 5.47. The van der Waals surface area contributed by atoms with Gasteiger partial charge in [-0.15, -0.1) is 0 Å². The molecule has 2 aliphatic heterocycles. The lowest BCUT2D eigenvalue weighted by Crippen LogP contribution is -2.46. The molecule has 0 aromatic rings. The summed E-state index contributed by atoms with van der Waals surface area (Å²) in [5.74, 6) is 0.942. The van der Waals surface area contributed by atoms with Crippen molar-refractivity contribution in [2.75, 3.05) is 32.7 Å². The molecule has 0 amide bonds. The van der Waals surface area contributed by atoms with E-state index in [1.165, 1.54) is 64.8 Å². The minimum atomic E-state index is 0.00780. The summed E-state index contributed by atoms with van der Waals surface area (Å²) in [4.78, 5) is 5.32. The largest absolute Gasteiger partial charge is 0.373 e. The van der Waals surface area contributed by atoms with Gasteiger partial charge in [0.2, 0.25) is 0 Å². The van der Waals surface area contributed by atoms with E-state index in [0.717, 1.165) is 5.92 Å². The van der Waals surface area contributed by atoms with Gasteiger partial charge in [-0.1, -0.05) is 0 Å². The highest BCUT2D eigenvalue weighted by molar-refractivity contribution is 4.82. The van der Waals surface area contributed by atoms with E-state index in [0.29, 0.717) is 11.6 Å². The number of rotatable bonds is 4. The molecule has 136 valence electrons. The molecule has 23 heavy (non-hydrogen) atoms. The SMILES string of the molecule is CC(C)(C)OC1CCN(CCC2CCN(C(C)(C)C)CC2)CC1. The average molecular weight is 325 g/mol. The van der Waals surface area contributed by atoms with E-state index in [9.17, 15) is 0 Å². The first-order valence-corrected chi connectivity index (χ1v) is 9.79. The van der Waals surface area contributed by atoms with E-state index in [1.54, 1.807) is 0 Å². The van der Waals surface area contributed by atoms with E-state index < -0.39 is 0 Å². The molecule has 0 aliphatic carbocycles. The number of nitrogens with zero attached hydrogens (tertiary/aromatic N) is 2. The summed E-state index contributed by atoms with van der Waals surface area (Å²) in [6, 6.07) is 0. The maximum absolute atomic E-state index is 6.13. The molecule has 0 aromatic carbocycles. The van der Waals surface area contributed by atoms with Crippen molar-refractivity contribution in [1.29, 1.82) is 0 Å². The molecule has 0 aromatic heterocycles. The van der Waals surface area contributed by atoms with Crippen LogP contribution in [0.1, 0.15) is 73.6 Å². The molecule has 0 atom stereocenters. The zero-order valence-electron chi connectivity index (χ0n) is 16.5. The van der Waals surface area contributed by atoms with Crippen molar-refractivity contribution in [3.8, 4) is 0 Å².